The van der Waals surface area contributed by atoms with Gasteiger partial charge in [-0.25, -0.2) is 9.67 Å². The maximum Gasteiger partial charge on any atom is 0.254 e. The number of aromatic nitrogens is 3. The van der Waals surface area contributed by atoms with Crippen LogP contribution in [0.2, 0.25) is 0 Å². The van der Waals surface area contributed by atoms with Gasteiger partial charge in [0, 0.05) is 19.8 Å². The molecule has 0 aliphatic rings. The van der Waals surface area contributed by atoms with Gasteiger partial charge in [-0.05, 0) is 37.1 Å². The summed E-state index contributed by atoms with van der Waals surface area (Å²) in [4.78, 5) is 16.1. The fourth-order valence-electron chi connectivity index (χ4n) is 2.87. The Labute approximate surface area is 163 Å². The minimum absolute atomic E-state index is 0.197. The quantitative estimate of drug-likeness (QED) is 0.544. The van der Waals surface area contributed by atoms with Gasteiger partial charge in [-0.15, -0.1) is 0 Å². The maximum atomic E-state index is 11.9. The van der Waals surface area contributed by atoms with Gasteiger partial charge in [-0.3, -0.25) is 4.79 Å². The third-order valence-electron chi connectivity index (χ3n) is 4.27. The Kier molecular flexibility index (Phi) is 5.87. The average Bonchev–Trinajstić information content (AvgIpc) is 3.06. The number of pyridine rings is 1. The van der Waals surface area contributed by atoms with Crippen molar-refractivity contribution in [3.63, 3.8) is 0 Å². The fourth-order valence-corrected chi connectivity index (χ4v) is 2.87. The van der Waals surface area contributed by atoms with Crippen LogP contribution in [0.3, 0.4) is 0 Å². The smallest absolute Gasteiger partial charge is 0.254 e. The number of nitrogens with two attached hydrogens (primary N) is 1. The Bertz CT molecular complexity index is 1010. The zero-order valence-electron chi connectivity index (χ0n) is 15.5. The van der Waals surface area contributed by atoms with Crippen molar-refractivity contribution in [3.8, 4) is 11.8 Å². The van der Waals surface area contributed by atoms with E-state index in [0.29, 0.717) is 47.8 Å². The number of aryl methyl sites for hydroxylation is 1. The normalized spacial score (nSPS) is 10.3. The van der Waals surface area contributed by atoms with Crippen LogP contribution in [0, 0.1) is 11.3 Å². The molecule has 3 rings (SSSR count). The molecule has 8 nitrogen and oxygen atoms in total. The van der Waals surface area contributed by atoms with E-state index < -0.39 is 0 Å². The zero-order chi connectivity index (χ0) is 19.9. The van der Waals surface area contributed by atoms with Gasteiger partial charge in [0.25, 0.3) is 5.91 Å². The number of hydrogen-bond acceptors (Lipinski definition) is 6. The molecule has 8 heteroatoms. The predicted molar refractivity (Wildman–Crippen MR) is 107 cm³/mol. The van der Waals surface area contributed by atoms with Crippen LogP contribution in [0.25, 0.3) is 5.69 Å². The first-order chi connectivity index (χ1) is 13.7. The van der Waals surface area contributed by atoms with E-state index in [9.17, 15) is 10.1 Å². The number of nitriles is 1. The molecule has 0 atom stereocenters. The first kappa shape index (κ1) is 18.9. The fraction of sp³-hybridized carbons (Fsp3) is 0.200. The molecule has 142 valence electrons. The Morgan fingerprint density at radius 2 is 2.04 bits per heavy atom. The van der Waals surface area contributed by atoms with Gasteiger partial charge in [-0.2, -0.15) is 10.4 Å². The van der Waals surface area contributed by atoms with Gasteiger partial charge < -0.3 is 16.4 Å². The molecule has 0 unspecified atom stereocenters. The summed E-state index contributed by atoms with van der Waals surface area (Å²) in [5, 5.41) is 19.7. The lowest BCUT2D eigenvalue weighted by molar-refractivity contribution is 0.0963. The number of benzene rings is 1. The zero-order valence-corrected chi connectivity index (χ0v) is 15.5. The molecule has 3 aromatic rings. The number of rotatable bonds is 7. The van der Waals surface area contributed by atoms with Crippen molar-refractivity contribution in [1.82, 2.24) is 20.1 Å². The van der Waals surface area contributed by atoms with Crippen LogP contribution in [0.1, 0.15) is 28.0 Å². The van der Waals surface area contributed by atoms with Gasteiger partial charge in [0.1, 0.15) is 23.3 Å². The third-order valence-corrected chi connectivity index (χ3v) is 4.27. The lowest BCUT2D eigenvalue weighted by atomic mass is 10.1. The van der Waals surface area contributed by atoms with Crippen LogP contribution in [0.5, 0.6) is 0 Å². The summed E-state index contributed by atoms with van der Waals surface area (Å²) in [5.74, 6) is 0.664. The minimum atomic E-state index is -0.197. The number of amides is 1. The molecule has 0 radical (unpaired) electrons. The molecule has 0 saturated carbocycles. The van der Waals surface area contributed by atoms with Crippen LogP contribution in [0.15, 0.2) is 48.7 Å². The average molecular weight is 375 g/mol. The number of carbonyl (C=O) groups is 1. The Balaban J connectivity index is 1.68. The predicted octanol–water partition coefficient (Wildman–Crippen LogP) is 2.13. The number of nitrogens with one attached hydrogen (secondary N) is 2. The molecule has 0 fully saturated rings. The molecule has 28 heavy (non-hydrogen) atoms. The number of anilines is 2. The lowest BCUT2D eigenvalue weighted by Gasteiger charge is -2.09. The first-order valence-corrected chi connectivity index (χ1v) is 8.89. The highest BCUT2D eigenvalue weighted by Gasteiger charge is 2.16. The molecular weight excluding hydrogens is 354 g/mol. The van der Waals surface area contributed by atoms with Gasteiger partial charge in [0.05, 0.1) is 16.9 Å². The van der Waals surface area contributed by atoms with Crippen molar-refractivity contribution in [2.75, 3.05) is 24.6 Å². The highest BCUT2D eigenvalue weighted by atomic mass is 16.1. The minimum Gasteiger partial charge on any atom is -0.382 e. The summed E-state index contributed by atoms with van der Waals surface area (Å²) in [6, 6.07) is 15.0. The number of para-hydroxylation sites is 1. The van der Waals surface area contributed by atoms with Gasteiger partial charge in [0.15, 0.2) is 0 Å². The maximum absolute atomic E-state index is 11.9. The monoisotopic (exact) mass is 375 g/mol. The van der Waals surface area contributed by atoms with Crippen molar-refractivity contribution < 1.29 is 4.79 Å². The Morgan fingerprint density at radius 3 is 2.75 bits per heavy atom. The first-order valence-electron chi connectivity index (χ1n) is 8.89. The van der Waals surface area contributed by atoms with Crippen LogP contribution in [-0.4, -0.2) is 34.3 Å². The Hall–Kier alpha value is -3.86. The molecule has 1 amide bonds. The summed E-state index contributed by atoms with van der Waals surface area (Å²) in [5.41, 5.74) is 8.46. The van der Waals surface area contributed by atoms with E-state index in [1.54, 1.807) is 30.1 Å². The highest BCUT2D eigenvalue weighted by Crippen LogP contribution is 2.21. The van der Waals surface area contributed by atoms with E-state index >= 15 is 0 Å². The summed E-state index contributed by atoms with van der Waals surface area (Å²) in [6.07, 6.45) is 2.90. The molecule has 4 N–H and O–H groups in total. The number of nitrogens with zero attached hydrogens (tertiary/aromatic N) is 4. The highest BCUT2D eigenvalue weighted by molar-refractivity contribution is 5.98. The van der Waals surface area contributed by atoms with Crippen molar-refractivity contribution in [1.29, 1.82) is 5.26 Å². The number of hydrogen-bond donors (Lipinski definition) is 3. The van der Waals surface area contributed by atoms with Gasteiger partial charge >= 0.3 is 0 Å². The Morgan fingerprint density at radius 1 is 1.25 bits per heavy atom. The molecule has 2 heterocycles. The van der Waals surface area contributed by atoms with Crippen molar-refractivity contribution in [2.24, 2.45) is 0 Å². The van der Waals surface area contributed by atoms with Gasteiger partial charge in [-0.1, -0.05) is 18.2 Å². The van der Waals surface area contributed by atoms with Crippen LogP contribution in [0.4, 0.5) is 11.6 Å². The second-order valence-electron chi connectivity index (χ2n) is 6.08. The standard InChI is InChI=1S/C20H21N7O/c1-23-20(28)15-9-5-11-24-19(15)25-12-6-10-17-16(13-21)18(22)27(26-17)14-7-3-2-4-8-14/h2-5,7-9,11H,6,10,12,22H2,1H3,(H,23,28)(H,24,25). The number of nitrogen functional groups attached to an aromatic ring is 1. The second kappa shape index (κ2) is 8.68. The van der Waals surface area contributed by atoms with E-state index in [4.69, 9.17) is 5.73 Å². The van der Waals surface area contributed by atoms with E-state index in [-0.39, 0.29) is 5.91 Å². The van der Waals surface area contributed by atoms with E-state index in [1.165, 1.54) is 0 Å². The van der Waals surface area contributed by atoms with E-state index in [1.807, 2.05) is 30.3 Å². The summed E-state index contributed by atoms with van der Waals surface area (Å²) >= 11 is 0. The summed E-state index contributed by atoms with van der Waals surface area (Å²) in [7, 11) is 1.58. The van der Waals surface area contributed by atoms with Gasteiger partial charge in [0.2, 0.25) is 0 Å². The topological polar surface area (TPSA) is 122 Å². The molecule has 2 aromatic heterocycles. The van der Waals surface area contributed by atoms with E-state index in [0.717, 1.165) is 5.69 Å². The van der Waals surface area contributed by atoms with Crippen LogP contribution < -0.4 is 16.4 Å². The van der Waals surface area contributed by atoms with Crippen LogP contribution in [-0.2, 0) is 6.42 Å². The lowest BCUT2D eigenvalue weighted by Crippen LogP contribution is -2.20. The molecule has 0 spiro atoms. The SMILES string of the molecule is CNC(=O)c1cccnc1NCCCc1nn(-c2ccccc2)c(N)c1C#N. The summed E-state index contributed by atoms with van der Waals surface area (Å²) < 4.78 is 1.59. The summed E-state index contributed by atoms with van der Waals surface area (Å²) in [6.45, 7) is 0.573. The van der Waals surface area contributed by atoms with Crippen molar-refractivity contribution in [3.05, 3.63) is 65.5 Å². The third kappa shape index (κ3) is 3.94. The van der Waals surface area contributed by atoms with E-state index in [2.05, 4.69) is 26.8 Å². The second-order valence-corrected chi connectivity index (χ2v) is 6.08. The van der Waals surface area contributed by atoms with Crippen LogP contribution >= 0.6 is 0 Å². The molecule has 0 aliphatic heterocycles. The molecule has 0 bridgehead atoms. The molecule has 0 saturated heterocycles. The molecule has 0 aliphatic carbocycles. The molecular formula is C20H21N7O. The largest absolute Gasteiger partial charge is 0.382 e. The van der Waals surface area contributed by atoms with Crippen molar-refractivity contribution >= 4 is 17.5 Å². The molecule has 1 aromatic carbocycles. The number of carbonyl (C=O) groups excluding carboxylic acids is 1. The van der Waals surface area contributed by atoms with Crippen molar-refractivity contribution in [2.45, 2.75) is 12.8 Å².